The Hall–Kier alpha value is -2.95. The molecular weight excluding hydrogens is 594 g/mol. The molecule has 1 heterocycles. The summed E-state index contributed by atoms with van der Waals surface area (Å²) >= 11 is 3.08. The Morgan fingerprint density at radius 1 is 1.00 bits per heavy atom. The Bertz CT molecular complexity index is 1250. The second kappa shape index (κ2) is 12.3. The first-order valence-electron chi connectivity index (χ1n) is 13.3. The Kier molecular flexibility index (Phi) is 9.22. The van der Waals surface area contributed by atoms with E-state index in [1.165, 1.54) is 30.0 Å². The van der Waals surface area contributed by atoms with Gasteiger partial charge in [-0.15, -0.1) is 0 Å². The molecule has 1 saturated carbocycles. The Morgan fingerprint density at radius 2 is 1.65 bits per heavy atom. The fraction of sp³-hybridized carbons (Fsp3) is 0.483. The summed E-state index contributed by atoms with van der Waals surface area (Å²) in [7, 11) is 1.55. The van der Waals surface area contributed by atoms with Crippen LogP contribution in [0.15, 0.2) is 46.9 Å². The topological polar surface area (TPSA) is 69.7 Å². The molecule has 4 rings (SSSR count). The molecule has 0 radical (unpaired) electrons. The third kappa shape index (κ3) is 7.03. The minimum atomic E-state index is -4.61. The first-order chi connectivity index (χ1) is 18.8. The van der Waals surface area contributed by atoms with E-state index in [9.17, 15) is 31.9 Å². The number of nitrogens with one attached hydrogen (secondary N) is 1. The molecule has 1 saturated heterocycles. The van der Waals surface area contributed by atoms with E-state index in [0.29, 0.717) is 32.4 Å². The van der Waals surface area contributed by atoms with Crippen molar-refractivity contribution in [1.82, 2.24) is 15.1 Å². The van der Waals surface area contributed by atoms with Crippen LogP contribution in [0.1, 0.15) is 66.4 Å². The number of likely N-dealkylation sites (N-methyl/N-ethyl adjacent to an activating group) is 1. The standard InChI is InChI=1S/C29H32BrF4N3O3/c1-17(38)35-24-9-5-19(6-10-24)28(40)37-12-11-26(25(16-37)18-3-7-23(31)8-4-18)36(2)27(39)20-13-21(29(32,33)34)15-22(30)14-20/h3-4,7-8,13-15,19,24-26H,5-6,9-12,16H2,1-2H3,(H,35,38)/t19-,24-,25-,26+/m0/s1. The number of alkyl halides is 3. The molecule has 2 aliphatic rings. The molecule has 2 atom stereocenters. The number of benzene rings is 2. The van der Waals surface area contributed by atoms with E-state index in [1.54, 1.807) is 24.1 Å². The smallest absolute Gasteiger partial charge is 0.354 e. The summed E-state index contributed by atoms with van der Waals surface area (Å²) in [5.41, 5.74) is -0.290. The second-order valence-electron chi connectivity index (χ2n) is 10.7. The van der Waals surface area contributed by atoms with Gasteiger partial charge in [-0.3, -0.25) is 14.4 Å². The second-order valence-corrected chi connectivity index (χ2v) is 11.6. The number of rotatable bonds is 5. The van der Waals surface area contributed by atoms with Gasteiger partial charge in [0.2, 0.25) is 11.8 Å². The highest BCUT2D eigenvalue weighted by Gasteiger charge is 2.39. The quantitative estimate of drug-likeness (QED) is 0.430. The number of hydrogen-bond donors (Lipinski definition) is 1. The van der Waals surface area contributed by atoms with Crippen molar-refractivity contribution in [3.05, 3.63) is 69.4 Å². The molecule has 216 valence electrons. The lowest BCUT2D eigenvalue weighted by molar-refractivity contribution is -0.139. The number of carbonyl (C=O) groups is 3. The minimum Gasteiger partial charge on any atom is -0.354 e. The van der Waals surface area contributed by atoms with Crippen molar-refractivity contribution in [2.24, 2.45) is 5.92 Å². The van der Waals surface area contributed by atoms with Crippen molar-refractivity contribution in [1.29, 1.82) is 0 Å². The highest BCUT2D eigenvalue weighted by Crippen LogP contribution is 2.36. The van der Waals surface area contributed by atoms with E-state index in [2.05, 4.69) is 21.2 Å². The van der Waals surface area contributed by atoms with E-state index < -0.39 is 29.5 Å². The Morgan fingerprint density at radius 3 is 2.25 bits per heavy atom. The van der Waals surface area contributed by atoms with Gasteiger partial charge in [0.15, 0.2) is 0 Å². The van der Waals surface area contributed by atoms with Crippen LogP contribution in [0.5, 0.6) is 0 Å². The zero-order valence-corrected chi connectivity index (χ0v) is 23.9. The molecule has 2 fully saturated rings. The van der Waals surface area contributed by atoms with E-state index in [0.717, 1.165) is 30.5 Å². The third-order valence-corrected chi connectivity index (χ3v) is 8.42. The number of amides is 3. The van der Waals surface area contributed by atoms with E-state index >= 15 is 0 Å². The Balaban J connectivity index is 1.54. The van der Waals surface area contributed by atoms with Crippen LogP contribution in [0.25, 0.3) is 0 Å². The van der Waals surface area contributed by atoms with Crippen molar-refractivity contribution < 1.29 is 31.9 Å². The maximum atomic E-state index is 13.7. The van der Waals surface area contributed by atoms with Crippen molar-refractivity contribution in [3.63, 3.8) is 0 Å². The number of piperidine rings is 1. The van der Waals surface area contributed by atoms with E-state index in [-0.39, 0.29) is 39.7 Å². The minimum absolute atomic E-state index is 0.0163. The van der Waals surface area contributed by atoms with Crippen LogP contribution in [0.3, 0.4) is 0 Å². The van der Waals surface area contributed by atoms with Crippen molar-refractivity contribution in [3.8, 4) is 0 Å². The summed E-state index contributed by atoms with van der Waals surface area (Å²) in [4.78, 5) is 41.5. The maximum absolute atomic E-state index is 13.7. The number of hydrogen-bond acceptors (Lipinski definition) is 3. The van der Waals surface area contributed by atoms with Crippen LogP contribution in [-0.2, 0) is 15.8 Å². The van der Waals surface area contributed by atoms with Crippen molar-refractivity contribution in [2.75, 3.05) is 20.1 Å². The molecule has 2 aromatic carbocycles. The molecule has 0 unspecified atom stereocenters. The SMILES string of the molecule is CC(=O)N[C@H]1CC[C@H](C(=O)N2CC[C@@H](N(C)C(=O)c3cc(Br)cc(C(F)(F)F)c3)[C@H](c3ccc(F)cc3)C2)CC1. The van der Waals surface area contributed by atoms with Crippen LogP contribution < -0.4 is 5.32 Å². The molecule has 1 N–H and O–H groups in total. The average Bonchev–Trinajstić information content (AvgIpc) is 2.91. The largest absolute Gasteiger partial charge is 0.416 e. The molecule has 40 heavy (non-hydrogen) atoms. The highest BCUT2D eigenvalue weighted by atomic mass is 79.9. The molecule has 2 aromatic rings. The average molecular weight is 626 g/mol. The lowest BCUT2D eigenvalue weighted by atomic mass is 9.82. The van der Waals surface area contributed by atoms with Crippen molar-refractivity contribution in [2.45, 2.75) is 63.2 Å². The molecule has 11 heteroatoms. The lowest BCUT2D eigenvalue weighted by Gasteiger charge is -2.44. The van der Waals surface area contributed by atoms with Gasteiger partial charge in [-0.1, -0.05) is 28.1 Å². The van der Waals surface area contributed by atoms with Gasteiger partial charge >= 0.3 is 6.18 Å². The molecule has 6 nitrogen and oxygen atoms in total. The summed E-state index contributed by atoms with van der Waals surface area (Å²) in [6, 6.07) is 8.65. The monoisotopic (exact) mass is 625 g/mol. The summed E-state index contributed by atoms with van der Waals surface area (Å²) in [6.45, 7) is 2.16. The van der Waals surface area contributed by atoms with Crippen LogP contribution >= 0.6 is 15.9 Å². The maximum Gasteiger partial charge on any atom is 0.416 e. The van der Waals surface area contributed by atoms with Gasteiger partial charge in [0.1, 0.15) is 5.82 Å². The van der Waals surface area contributed by atoms with E-state index in [4.69, 9.17) is 0 Å². The molecular formula is C29H32BrF4N3O3. The summed E-state index contributed by atoms with van der Waals surface area (Å²) in [5, 5.41) is 2.91. The van der Waals surface area contributed by atoms with Gasteiger partial charge in [0.05, 0.1) is 5.56 Å². The fourth-order valence-electron chi connectivity index (χ4n) is 5.90. The number of halogens is 5. The van der Waals surface area contributed by atoms with Crippen LogP contribution in [0.2, 0.25) is 0 Å². The predicted octanol–water partition coefficient (Wildman–Crippen LogP) is 5.76. The Labute approximate surface area is 239 Å². The van der Waals surface area contributed by atoms with Gasteiger partial charge < -0.3 is 15.1 Å². The zero-order chi connectivity index (χ0) is 29.2. The van der Waals surface area contributed by atoms with Crippen LogP contribution in [-0.4, -0.2) is 59.7 Å². The fourth-order valence-corrected chi connectivity index (χ4v) is 6.40. The lowest BCUT2D eigenvalue weighted by Crippen LogP contribution is -2.53. The normalized spacial score (nSPS) is 23.4. The summed E-state index contributed by atoms with van der Waals surface area (Å²) in [6.07, 6.45) is -1.44. The molecule has 1 aliphatic heterocycles. The summed E-state index contributed by atoms with van der Waals surface area (Å²) in [5.74, 6) is -1.59. The zero-order valence-electron chi connectivity index (χ0n) is 22.3. The highest BCUT2D eigenvalue weighted by molar-refractivity contribution is 9.10. The van der Waals surface area contributed by atoms with Crippen molar-refractivity contribution >= 4 is 33.7 Å². The van der Waals surface area contributed by atoms with Crippen LogP contribution in [0, 0.1) is 11.7 Å². The van der Waals surface area contributed by atoms with E-state index in [1.807, 2.05) is 0 Å². The number of likely N-dealkylation sites (tertiary alicyclic amines) is 1. The van der Waals surface area contributed by atoms with Gasteiger partial charge in [0, 0.05) is 61.0 Å². The van der Waals surface area contributed by atoms with Gasteiger partial charge in [-0.05, 0) is 68.0 Å². The predicted molar refractivity (Wildman–Crippen MR) is 145 cm³/mol. The van der Waals surface area contributed by atoms with Crippen LogP contribution in [0.4, 0.5) is 17.6 Å². The molecule has 0 aromatic heterocycles. The number of carbonyl (C=O) groups excluding carboxylic acids is 3. The first-order valence-corrected chi connectivity index (χ1v) is 14.1. The van der Waals surface area contributed by atoms with Gasteiger partial charge in [-0.2, -0.15) is 13.2 Å². The molecule has 1 aliphatic carbocycles. The molecule has 0 spiro atoms. The number of nitrogens with zero attached hydrogens (tertiary/aromatic N) is 2. The van der Waals surface area contributed by atoms with Gasteiger partial charge in [-0.25, -0.2) is 4.39 Å². The molecule has 3 amide bonds. The summed E-state index contributed by atoms with van der Waals surface area (Å²) < 4.78 is 54.1. The first kappa shape index (κ1) is 30.0. The third-order valence-electron chi connectivity index (χ3n) is 7.96. The van der Waals surface area contributed by atoms with Gasteiger partial charge in [0.25, 0.3) is 5.91 Å². The molecule has 0 bridgehead atoms.